The first kappa shape index (κ1) is 13.7. The summed E-state index contributed by atoms with van der Waals surface area (Å²) in [5.74, 6) is 0.821. The molecule has 0 aromatic carbocycles. The molecule has 0 aliphatic rings. The van der Waals surface area contributed by atoms with E-state index in [0.29, 0.717) is 5.41 Å². The van der Waals surface area contributed by atoms with Gasteiger partial charge in [0.2, 0.25) is 0 Å². The van der Waals surface area contributed by atoms with Gasteiger partial charge in [0.05, 0.1) is 0 Å². The van der Waals surface area contributed by atoms with E-state index < -0.39 is 0 Å². The Labute approximate surface area is 90.8 Å². The van der Waals surface area contributed by atoms with Crippen LogP contribution in [0.5, 0.6) is 0 Å². The van der Waals surface area contributed by atoms with Gasteiger partial charge in [-0.1, -0.05) is 52.7 Å². The van der Waals surface area contributed by atoms with Crippen molar-refractivity contribution in [1.29, 1.82) is 0 Å². The molecule has 0 spiro atoms. The third-order valence-electron chi connectivity index (χ3n) is 2.47. The molecule has 0 N–H and O–H groups in total. The van der Waals surface area contributed by atoms with E-state index in [4.69, 9.17) is 0 Å². The quantitative estimate of drug-likeness (QED) is 0.530. The van der Waals surface area contributed by atoms with Gasteiger partial charge in [0.15, 0.2) is 0 Å². The molecule has 0 bridgehead atoms. The molecule has 0 rings (SSSR count). The van der Waals surface area contributed by atoms with Crippen molar-refractivity contribution < 1.29 is 0 Å². The van der Waals surface area contributed by atoms with Gasteiger partial charge in [-0.05, 0) is 37.5 Å². The molecule has 0 heterocycles. The molecule has 0 amide bonds. The summed E-state index contributed by atoms with van der Waals surface area (Å²) in [6, 6.07) is 0. The minimum atomic E-state index is 0.478. The zero-order valence-electron chi connectivity index (χ0n) is 11.0. The van der Waals surface area contributed by atoms with Crippen molar-refractivity contribution in [2.75, 3.05) is 0 Å². The topological polar surface area (TPSA) is 0 Å². The molecule has 0 fully saturated rings. The van der Waals surface area contributed by atoms with Gasteiger partial charge >= 0.3 is 0 Å². The van der Waals surface area contributed by atoms with Crippen molar-refractivity contribution in [3.63, 3.8) is 0 Å². The van der Waals surface area contributed by atoms with Crippen molar-refractivity contribution in [1.82, 2.24) is 0 Å². The standard InChI is InChI=1S/C14H28/c1-7-8-12(2)9-10-13(3)11-14(4,5)6/h9,13H,7-8,10-11H2,1-6H3/b12-9+. The number of hydrogen-bond donors (Lipinski definition) is 0. The maximum Gasteiger partial charge on any atom is -0.0322 e. The first-order chi connectivity index (χ1) is 6.35. The Hall–Kier alpha value is -0.260. The van der Waals surface area contributed by atoms with E-state index >= 15 is 0 Å². The Kier molecular flexibility index (Phi) is 6.15. The summed E-state index contributed by atoms with van der Waals surface area (Å²) in [5, 5.41) is 0. The summed E-state index contributed by atoms with van der Waals surface area (Å²) in [6.45, 7) is 13.8. The molecule has 0 aromatic heterocycles. The Bertz CT molecular complexity index is 169. The molecular weight excluding hydrogens is 168 g/mol. The fourth-order valence-corrected chi connectivity index (χ4v) is 2.03. The van der Waals surface area contributed by atoms with Crippen molar-refractivity contribution in [3.8, 4) is 0 Å². The van der Waals surface area contributed by atoms with Gasteiger partial charge in [-0.2, -0.15) is 0 Å². The molecule has 1 atom stereocenters. The third-order valence-corrected chi connectivity index (χ3v) is 2.47. The summed E-state index contributed by atoms with van der Waals surface area (Å²) in [6.07, 6.45) is 7.55. The summed E-state index contributed by atoms with van der Waals surface area (Å²) in [5.41, 5.74) is 2.04. The average Bonchev–Trinajstić information content (AvgIpc) is 1.98. The Morgan fingerprint density at radius 2 is 1.86 bits per heavy atom. The number of allylic oxidation sites excluding steroid dienone is 2. The highest BCUT2D eigenvalue weighted by Crippen LogP contribution is 2.26. The van der Waals surface area contributed by atoms with Crippen LogP contribution in [0.4, 0.5) is 0 Å². The van der Waals surface area contributed by atoms with Crippen LogP contribution in [0, 0.1) is 11.3 Å². The van der Waals surface area contributed by atoms with Gasteiger partial charge in [0.25, 0.3) is 0 Å². The molecule has 0 aromatic rings. The zero-order chi connectivity index (χ0) is 11.2. The molecule has 0 aliphatic carbocycles. The van der Waals surface area contributed by atoms with Crippen LogP contribution in [0.25, 0.3) is 0 Å². The maximum atomic E-state index is 2.43. The van der Waals surface area contributed by atoms with Crippen molar-refractivity contribution in [3.05, 3.63) is 11.6 Å². The van der Waals surface area contributed by atoms with Crippen LogP contribution in [-0.4, -0.2) is 0 Å². The van der Waals surface area contributed by atoms with E-state index in [1.807, 2.05) is 0 Å². The highest BCUT2D eigenvalue weighted by atomic mass is 14.2. The fraction of sp³-hybridized carbons (Fsp3) is 0.857. The van der Waals surface area contributed by atoms with Gasteiger partial charge in [0, 0.05) is 0 Å². The Balaban J connectivity index is 3.84. The lowest BCUT2D eigenvalue weighted by atomic mass is 9.84. The van der Waals surface area contributed by atoms with E-state index in [2.05, 4.69) is 47.6 Å². The average molecular weight is 196 g/mol. The van der Waals surface area contributed by atoms with Gasteiger partial charge in [-0.3, -0.25) is 0 Å². The van der Waals surface area contributed by atoms with Crippen LogP contribution in [0.1, 0.15) is 67.2 Å². The summed E-state index contributed by atoms with van der Waals surface area (Å²) in [4.78, 5) is 0. The van der Waals surface area contributed by atoms with E-state index in [1.54, 1.807) is 5.57 Å². The third kappa shape index (κ3) is 8.34. The van der Waals surface area contributed by atoms with E-state index in [-0.39, 0.29) is 0 Å². The molecular formula is C14H28. The SMILES string of the molecule is CCC/C(C)=C/CC(C)CC(C)(C)C. The van der Waals surface area contributed by atoms with Gasteiger partial charge in [-0.25, -0.2) is 0 Å². The smallest absolute Gasteiger partial charge is 0.0322 e. The molecule has 84 valence electrons. The Morgan fingerprint density at radius 1 is 1.29 bits per heavy atom. The molecule has 14 heavy (non-hydrogen) atoms. The lowest BCUT2D eigenvalue weighted by Crippen LogP contribution is -2.10. The molecule has 0 saturated heterocycles. The van der Waals surface area contributed by atoms with Gasteiger partial charge in [-0.15, -0.1) is 0 Å². The van der Waals surface area contributed by atoms with Crippen molar-refractivity contribution >= 4 is 0 Å². The summed E-state index contributed by atoms with van der Waals surface area (Å²) < 4.78 is 0. The first-order valence-corrected chi connectivity index (χ1v) is 6.00. The second-order valence-electron chi connectivity index (χ2n) is 5.91. The number of rotatable bonds is 5. The van der Waals surface area contributed by atoms with E-state index in [9.17, 15) is 0 Å². The lowest BCUT2D eigenvalue weighted by Gasteiger charge is -2.22. The van der Waals surface area contributed by atoms with Crippen LogP contribution in [0.2, 0.25) is 0 Å². The first-order valence-electron chi connectivity index (χ1n) is 6.00. The predicted octanol–water partition coefficient (Wildman–Crippen LogP) is 5.20. The molecule has 0 nitrogen and oxygen atoms in total. The number of hydrogen-bond acceptors (Lipinski definition) is 0. The van der Waals surface area contributed by atoms with Crippen LogP contribution in [0.15, 0.2) is 11.6 Å². The second-order valence-corrected chi connectivity index (χ2v) is 5.91. The van der Waals surface area contributed by atoms with Crippen molar-refractivity contribution in [2.45, 2.75) is 67.2 Å². The summed E-state index contributed by atoms with van der Waals surface area (Å²) >= 11 is 0. The minimum absolute atomic E-state index is 0.478. The van der Waals surface area contributed by atoms with Gasteiger partial charge < -0.3 is 0 Å². The minimum Gasteiger partial charge on any atom is -0.0853 e. The van der Waals surface area contributed by atoms with Crippen LogP contribution in [0.3, 0.4) is 0 Å². The van der Waals surface area contributed by atoms with Crippen molar-refractivity contribution in [2.24, 2.45) is 11.3 Å². The summed E-state index contributed by atoms with van der Waals surface area (Å²) in [7, 11) is 0. The van der Waals surface area contributed by atoms with E-state index in [1.165, 1.54) is 25.7 Å². The van der Waals surface area contributed by atoms with Crippen LogP contribution in [-0.2, 0) is 0 Å². The fourth-order valence-electron chi connectivity index (χ4n) is 2.03. The highest BCUT2D eigenvalue weighted by molar-refractivity contribution is 4.98. The predicted molar refractivity (Wildman–Crippen MR) is 66.5 cm³/mol. The largest absolute Gasteiger partial charge is 0.0853 e. The molecule has 0 radical (unpaired) electrons. The van der Waals surface area contributed by atoms with E-state index in [0.717, 1.165) is 5.92 Å². The highest BCUT2D eigenvalue weighted by Gasteiger charge is 2.14. The zero-order valence-corrected chi connectivity index (χ0v) is 11.0. The monoisotopic (exact) mass is 196 g/mol. The van der Waals surface area contributed by atoms with Gasteiger partial charge in [0.1, 0.15) is 0 Å². The van der Waals surface area contributed by atoms with Crippen LogP contribution < -0.4 is 0 Å². The van der Waals surface area contributed by atoms with Crippen LogP contribution >= 0.6 is 0 Å². The Morgan fingerprint density at radius 3 is 2.29 bits per heavy atom. The maximum absolute atomic E-state index is 2.43. The molecule has 0 heteroatoms. The molecule has 0 aliphatic heterocycles. The molecule has 0 saturated carbocycles. The second kappa shape index (κ2) is 6.27. The molecule has 1 unspecified atom stereocenters. The normalized spacial score (nSPS) is 15.7. The lowest BCUT2D eigenvalue weighted by molar-refractivity contribution is 0.308.